The third kappa shape index (κ3) is 4.90. The predicted molar refractivity (Wildman–Crippen MR) is 111 cm³/mol. The van der Waals surface area contributed by atoms with Gasteiger partial charge in [-0.15, -0.1) is 0 Å². The van der Waals surface area contributed by atoms with E-state index < -0.39 is 0 Å². The van der Waals surface area contributed by atoms with Crippen LogP contribution in [0.25, 0.3) is 0 Å². The molecule has 28 heavy (non-hydrogen) atoms. The van der Waals surface area contributed by atoms with Crippen molar-refractivity contribution in [1.82, 2.24) is 0 Å². The Morgan fingerprint density at radius 1 is 1.07 bits per heavy atom. The number of hydrogen-bond acceptors (Lipinski definition) is 4. The number of amides is 1. The number of ether oxygens (including phenoxy) is 2. The van der Waals surface area contributed by atoms with Gasteiger partial charge in [0.1, 0.15) is 18.1 Å². The van der Waals surface area contributed by atoms with Crippen molar-refractivity contribution in [1.29, 1.82) is 5.26 Å². The Kier molecular flexibility index (Phi) is 6.30. The first-order chi connectivity index (χ1) is 13.6. The number of nitrogens with one attached hydrogen (secondary N) is 1. The van der Waals surface area contributed by atoms with Crippen LogP contribution in [0.3, 0.4) is 0 Å². The molecule has 0 heterocycles. The van der Waals surface area contributed by atoms with Crippen LogP contribution in [0.4, 0.5) is 5.69 Å². The lowest BCUT2D eigenvalue weighted by Gasteiger charge is -2.11. The van der Waals surface area contributed by atoms with Gasteiger partial charge in [-0.05, 0) is 64.0 Å². The molecule has 0 aliphatic carbocycles. The van der Waals surface area contributed by atoms with Gasteiger partial charge in [0.05, 0.1) is 24.3 Å². The van der Waals surface area contributed by atoms with Crippen LogP contribution < -0.4 is 14.8 Å². The van der Waals surface area contributed by atoms with Gasteiger partial charge in [-0.1, -0.05) is 18.2 Å². The lowest BCUT2D eigenvalue weighted by molar-refractivity contribution is 0.102. The van der Waals surface area contributed by atoms with Crippen LogP contribution >= 0.6 is 15.9 Å². The second-order valence-corrected chi connectivity index (χ2v) is 6.78. The van der Waals surface area contributed by atoms with Crippen LogP contribution in [-0.2, 0) is 6.61 Å². The molecule has 1 amide bonds. The highest BCUT2D eigenvalue weighted by Gasteiger charge is 2.12. The summed E-state index contributed by atoms with van der Waals surface area (Å²) in [5.41, 5.74) is 2.57. The van der Waals surface area contributed by atoms with Crippen LogP contribution in [0.1, 0.15) is 21.5 Å². The number of carbonyl (C=O) groups is 1. The second kappa shape index (κ2) is 9.07. The van der Waals surface area contributed by atoms with Gasteiger partial charge >= 0.3 is 0 Å². The number of hydrogen-bond donors (Lipinski definition) is 1. The molecular weight excluding hydrogens is 420 g/mol. The predicted octanol–water partition coefficient (Wildman–Crippen LogP) is 5.16. The number of rotatable bonds is 6. The van der Waals surface area contributed by atoms with E-state index in [1.54, 1.807) is 55.6 Å². The summed E-state index contributed by atoms with van der Waals surface area (Å²) in [6, 6.07) is 21.7. The molecule has 6 heteroatoms. The van der Waals surface area contributed by atoms with Gasteiger partial charge in [-0.2, -0.15) is 5.26 Å². The molecule has 5 nitrogen and oxygen atoms in total. The van der Waals surface area contributed by atoms with Crippen LogP contribution in [0.5, 0.6) is 11.5 Å². The molecule has 0 aliphatic rings. The summed E-state index contributed by atoms with van der Waals surface area (Å²) < 4.78 is 11.6. The molecule has 0 aromatic heterocycles. The van der Waals surface area contributed by atoms with Crippen LogP contribution in [0, 0.1) is 11.3 Å². The number of nitriles is 1. The van der Waals surface area contributed by atoms with Crippen molar-refractivity contribution in [2.24, 2.45) is 0 Å². The molecule has 0 unspecified atom stereocenters. The van der Waals surface area contributed by atoms with Crippen LogP contribution in [0.15, 0.2) is 71.2 Å². The highest BCUT2D eigenvalue weighted by atomic mass is 79.9. The largest absolute Gasteiger partial charge is 0.497 e. The van der Waals surface area contributed by atoms with Gasteiger partial charge in [0.25, 0.3) is 5.91 Å². The van der Waals surface area contributed by atoms with Gasteiger partial charge in [-0.25, -0.2) is 0 Å². The minimum atomic E-state index is -0.260. The lowest BCUT2D eigenvalue weighted by atomic mass is 10.1. The highest BCUT2D eigenvalue weighted by Crippen LogP contribution is 2.25. The molecule has 1 N–H and O–H groups in total. The summed E-state index contributed by atoms with van der Waals surface area (Å²) in [6.45, 7) is 0.328. The Morgan fingerprint density at radius 3 is 2.68 bits per heavy atom. The van der Waals surface area contributed by atoms with E-state index in [0.717, 1.165) is 5.56 Å². The third-order valence-electron chi connectivity index (χ3n) is 3.97. The van der Waals surface area contributed by atoms with Crippen LogP contribution in [-0.4, -0.2) is 13.0 Å². The molecule has 0 spiro atoms. The highest BCUT2D eigenvalue weighted by molar-refractivity contribution is 9.10. The van der Waals surface area contributed by atoms with E-state index in [1.165, 1.54) is 0 Å². The lowest BCUT2D eigenvalue weighted by Crippen LogP contribution is -2.12. The maximum Gasteiger partial charge on any atom is 0.256 e. The van der Waals surface area contributed by atoms with E-state index in [-0.39, 0.29) is 5.91 Å². The SMILES string of the molecule is COc1ccc(Br)c(C(=O)Nc2cccc(OCc3cccc(C#N)c3)c2)c1. The minimum absolute atomic E-state index is 0.260. The number of nitrogens with zero attached hydrogens (tertiary/aromatic N) is 1. The molecular formula is C22H17BrN2O3. The molecule has 140 valence electrons. The quantitative estimate of drug-likeness (QED) is 0.578. The molecule has 0 atom stereocenters. The summed E-state index contributed by atoms with van der Waals surface area (Å²) >= 11 is 3.39. The standard InChI is InChI=1S/C22H17BrN2O3/c1-27-18-8-9-21(23)20(12-18)22(26)25-17-6-3-7-19(11-17)28-14-16-5-2-4-15(10-16)13-24/h2-12H,14H2,1H3,(H,25,26). The maximum absolute atomic E-state index is 12.6. The number of carbonyl (C=O) groups excluding carboxylic acids is 1. The number of halogens is 1. The van der Waals surface area contributed by atoms with Crippen molar-refractivity contribution in [3.63, 3.8) is 0 Å². The Bertz CT molecular complexity index is 1040. The van der Waals surface area contributed by atoms with E-state index >= 15 is 0 Å². The van der Waals surface area contributed by atoms with E-state index in [2.05, 4.69) is 27.3 Å². The fourth-order valence-corrected chi connectivity index (χ4v) is 2.99. The fourth-order valence-electron chi connectivity index (χ4n) is 2.56. The first kappa shape index (κ1) is 19.5. The maximum atomic E-state index is 12.6. The third-order valence-corrected chi connectivity index (χ3v) is 4.66. The Hall–Kier alpha value is -3.30. The first-order valence-corrected chi connectivity index (χ1v) is 9.25. The number of methoxy groups -OCH3 is 1. The minimum Gasteiger partial charge on any atom is -0.497 e. The van der Waals surface area contributed by atoms with E-state index in [9.17, 15) is 4.79 Å². The Labute approximate surface area is 171 Å². The summed E-state index contributed by atoms with van der Waals surface area (Å²) in [7, 11) is 1.55. The zero-order valence-electron chi connectivity index (χ0n) is 15.1. The average Bonchev–Trinajstić information content (AvgIpc) is 2.73. The number of anilines is 1. The van der Waals surface area contributed by atoms with Crippen LogP contribution in [0.2, 0.25) is 0 Å². The average molecular weight is 437 g/mol. The summed E-state index contributed by atoms with van der Waals surface area (Å²) in [5, 5.41) is 11.8. The van der Waals surface area contributed by atoms with Crippen molar-refractivity contribution in [3.05, 3.63) is 87.9 Å². The van der Waals surface area contributed by atoms with E-state index in [4.69, 9.17) is 14.7 Å². The Balaban J connectivity index is 1.69. The van der Waals surface area contributed by atoms with Gasteiger partial charge < -0.3 is 14.8 Å². The smallest absolute Gasteiger partial charge is 0.256 e. The zero-order chi connectivity index (χ0) is 19.9. The van der Waals surface area contributed by atoms with Crippen molar-refractivity contribution >= 4 is 27.5 Å². The number of benzene rings is 3. The summed E-state index contributed by atoms with van der Waals surface area (Å²) in [6.07, 6.45) is 0. The van der Waals surface area contributed by atoms with Gasteiger partial charge in [-0.3, -0.25) is 4.79 Å². The van der Waals surface area contributed by atoms with Crippen molar-refractivity contribution in [3.8, 4) is 17.6 Å². The normalized spacial score (nSPS) is 10.0. The summed E-state index contributed by atoms with van der Waals surface area (Å²) in [4.78, 5) is 12.6. The summed E-state index contributed by atoms with van der Waals surface area (Å²) in [5.74, 6) is 0.958. The molecule has 3 aromatic carbocycles. The molecule has 0 radical (unpaired) electrons. The van der Waals surface area contributed by atoms with E-state index in [0.29, 0.717) is 39.4 Å². The topological polar surface area (TPSA) is 71.3 Å². The Morgan fingerprint density at radius 2 is 1.89 bits per heavy atom. The fraction of sp³-hybridized carbons (Fsp3) is 0.0909. The molecule has 3 aromatic rings. The van der Waals surface area contributed by atoms with Crippen molar-refractivity contribution in [2.45, 2.75) is 6.61 Å². The second-order valence-electron chi connectivity index (χ2n) is 5.93. The van der Waals surface area contributed by atoms with Crippen molar-refractivity contribution < 1.29 is 14.3 Å². The van der Waals surface area contributed by atoms with E-state index in [1.807, 2.05) is 18.2 Å². The van der Waals surface area contributed by atoms with Crippen molar-refractivity contribution in [2.75, 3.05) is 12.4 Å². The molecule has 0 aliphatic heterocycles. The monoisotopic (exact) mass is 436 g/mol. The van der Waals surface area contributed by atoms with Gasteiger partial charge in [0, 0.05) is 16.2 Å². The molecule has 3 rings (SSSR count). The molecule has 0 fully saturated rings. The molecule has 0 saturated heterocycles. The van der Waals surface area contributed by atoms with Gasteiger partial charge in [0.15, 0.2) is 0 Å². The molecule has 0 saturated carbocycles. The molecule has 0 bridgehead atoms. The zero-order valence-corrected chi connectivity index (χ0v) is 16.7. The van der Waals surface area contributed by atoms with Gasteiger partial charge in [0.2, 0.25) is 0 Å². The first-order valence-electron chi connectivity index (χ1n) is 8.46.